The predicted molar refractivity (Wildman–Crippen MR) is 143 cm³/mol. The molecule has 180 valence electrons. The standard InChI is InChI=1S/C27H18Cl2N2O4S/c1-2-12-35-19-5-3-4-16(13-19)23-22(24(32)15-6-8-17(28)9-7-15)25(33)26(34)31(23)27-30-20-11-10-18(29)14-21(20)36-27/h2-11,13-14,23,32H,1,12H2. The number of ether oxygens (including phenoxy) is 1. The normalized spacial score (nSPS) is 17.1. The number of hydrogen-bond acceptors (Lipinski definition) is 6. The molecule has 1 aromatic heterocycles. The van der Waals surface area contributed by atoms with E-state index < -0.39 is 17.7 Å². The summed E-state index contributed by atoms with van der Waals surface area (Å²) in [6.07, 6.45) is 1.62. The molecular formula is C27H18Cl2N2O4S. The molecule has 2 heterocycles. The van der Waals surface area contributed by atoms with Crippen molar-refractivity contribution in [1.82, 2.24) is 4.98 Å². The topological polar surface area (TPSA) is 79.7 Å². The van der Waals surface area contributed by atoms with Gasteiger partial charge in [0.1, 0.15) is 18.1 Å². The van der Waals surface area contributed by atoms with E-state index >= 15 is 0 Å². The first-order chi connectivity index (χ1) is 17.4. The third-order valence-corrected chi connectivity index (χ3v) is 7.15. The number of nitrogens with zero attached hydrogens (tertiary/aromatic N) is 2. The van der Waals surface area contributed by atoms with Gasteiger partial charge in [-0.3, -0.25) is 14.5 Å². The number of aliphatic hydroxyl groups excluding tert-OH is 1. The Morgan fingerprint density at radius 2 is 1.83 bits per heavy atom. The highest BCUT2D eigenvalue weighted by molar-refractivity contribution is 7.22. The molecule has 0 bridgehead atoms. The molecule has 6 nitrogen and oxygen atoms in total. The molecule has 5 rings (SSSR count). The van der Waals surface area contributed by atoms with Gasteiger partial charge in [-0.05, 0) is 60.2 Å². The quantitative estimate of drug-likeness (QED) is 0.127. The van der Waals surface area contributed by atoms with Gasteiger partial charge in [0, 0.05) is 15.6 Å². The van der Waals surface area contributed by atoms with Gasteiger partial charge in [0.2, 0.25) is 0 Å². The first-order valence-electron chi connectivity index (χ1n) is 10.8. The van der Waals surface area contributed by atoms with E-state index in [1.807, 2.05) is 0 Å². The number of halogens is 2. The highest BCUT2D eigenvalue weighted by Gasteiger charge is 2.48. The van der Waals surface area contributed by atoms with E-state index in [1.165, 1.54) is 16.2 Å². The molecular weight excluding hydrogens is 519 g/mol. The summed E-state index contributed by atoms with van der Waals surface area (Å²) in [5.41, 5.74) is 1.52. The molecule has 0 radical (unpaired) electrons. The zero-order chi connectivity index (χ0) is 25.4. The SMILES string of the molecule is C=CCOc1cccc(C2C(=C(O)c3ccc(Cl)cc3)C(=O)C(=O)N2c2nc3ccc(Cl)cc3s2)c1. The van der Waals surface area contributed by atoms with Gasteiger partial charge < -0.3 is 9.84 Å². The van der Waals surface area contributed by atoms with E-state index in [9.17, 15) is 14.7 Å². The van der Waals surface area contributed by atoms with Crippen LogP contribution in [0.15, 0.2) is 85.0 Å². The minimum Gasteiger partial charge on any atom is -0.507 e. The van der Waals surface area contributed by atoms with E-state index in [-0.39, 0.29) is 17.9 Å². The fourth-order valence-corrected chi connectivity index (χ4v) is 5.42. The van der Waals surface area contributed by atoms with Crippen molar-refractivity contribution < 1.29 is 19.4 Å². The van der Waals surface area contributed by atoms with Crippen LogP contribution in [0, 0.1) is 0 Å². The second-order valence-electron chi connectivity index (χ2n) is 7.96. The molecule has 0 aliphatic carbocycles. The smallest absolute Gasteiger partial charge is 0.301 e. The summed E-state index contributed by atoms with van der Waals surface area (Å²) in [5, 5.41) is 12.6. The monoisotopic (exact) mass is 536 g/mol. The number of carbonyl (C=O) groups is 2. The third-order valence-electron chi connectivity index (χ3n) is 5.65. The molecule has 0 spiro atoms. The molecule has 1 atom stereocenters. The van der Waals surface area contributed by atoms with Crippen LogP contribution >= 0.6 is 34.5 Å². The zero-order valence-electron chi connectivity index (χ0n) is 18.7. The van der Waals surface area contributed by atoms with Crippen LogP contribution in [-0.4, -0.2) is 28.4 Å². The highest BCUT2D eigenvalue weighted by Crippen LogP contribution is 2.45. The lowest BCUT2D eigenvalue weighted by Crippen LogP contribution is -2.29. The summed E-state index contributed by atoms with van der Waals surface area (Å²) in [7, 11) is 0. The molecule has 1 fully saturated rings. The Balaban J connectivity index is 1.71. The summed E-state index contributed by atoms with van der Waals surface area (Å²) in [6, 6.07) is 17.7. The number of rotatable bonds is 6. The van der Waals surface area contributed by atoms with Gasteiger partial charge in [-0.15, -0.1) is 0 Å². The van der Waals surface area contributed by atoms with Crippen molar-refractivity contribution in [3.8, 4) is 5.75 Å². The van der Waals surface area contributed by atoms with Crippen LogP contribution in [0.4, 0.5) is 5.13 Å². The van der Waals surface area contributed by atoms with Gasteiger partial charge in [-0.2, -0.15) is 0 Å². The Hall–Kier alpha value is -3.65. The maximum atomic E-state index is 13.4. The van der Waals surface area contributed by atoms with Crippen LogP contribution in [0.1, 0.15) is 17.2 Å². The predicted octanol–water partition coefficient (Wildman–Crippen LogP) is 6.79. The van der Waals surface area contributed by atoms with Gasteiger partial charge in [0.25, 0.3) is 5.78 Å². The van der Waals surface area contributed by atoms with Crippen LogP contribution in [-0.2, 0) is 9.59 Å². The maximum absolute atomic E-state index is 13.4. The number of fused-ring (bicyclic) bond motifs is 1. The van der Waals surface area contributed by atoms with Crippen molar-refractivity contribution in [2.24, 2.45) is 0 Å². The van der Waals surface area contributed by atoms with Crippen molar-refractivity contribution in [3.05, 3.63) is 106 Å². The maximum Gasteiger partial charge on any atom is 0.301 e. The average Bonchev–Trinajstić information content (AvgIpc) is 3.40. The molecule has 1 aliphatic heterocycles. The lowest BCUT2D eigenvalue weighted by molar-refractivity contribution is -0.132. The van der Waals surface area contributed by atoms with Crippen molar-refractivity contribution >= 4 is 67.3 Å². The molecule has 3 aromatic carbocycles. The summed E-state index contributed by atoms with van der Waals surface area (Å²) in [4.78, 5) is 32.7. The lowest BCUT2D eigenvalue weighted by Gasteiger charge is -2.23. The van der Waals surface area contributed by atoms with Crippen LogP contribution in [0.25, 0.3) is 16.0 Å². The Bertz CT molecular complexity index is 1550. The molecule has 0 saturated carbocycles. The number of hydrogen-bond donors (Lipinski definition) is 1. The fraction of sp³-hybridized carbons (Fsp3) is 0.0741. The molecule has 4 aromatic rings. The van der Waals surface area contributed by atoms with Gasteiger partial charge in [0.05, 0.1) is 21.8 Å². The van der Waals surface area contributed by atoms with Crippen molar-refractivity contribution in [3.63, 3.8) is 0 Å². The largest absolute Gasteiger partial charge is 0.507 e. The summed E-state index contributed by atoms with van der Waals surface area (Å²) in [6.45, 7) is 3.95. The molecule has 1 unspecified atom stereocenters. The van der Waals surface area contributed by atoms with Gasteiger partial charge in [-0.25, -0.2) is 4.98 Å². The summed E-state index contributed by atoms with van der Waals surface area (Å²) in [5.74, 6) is -1.39. The van der Waals surface area contributed by atoms with Gasteiger partial charge >= 0.3 is 5.91 Å². The molecule has 36 heavy (non-hydrogen) atoms. The average molecular weight is 537 g/mol. The number of carbonyl (C=O) groups excluding carboxylic acids is 2. The number of anilines is 1. The second kappa shape index (κ2) is 9.78. The highest BCUT2D eigenvalue weighted by atomic mass is 35.5. The van der Waals surface area contributed by atoms with Gasteiger partial charge in [0.15, 0.2) is 5.13 Å². The van der Waals surface area contributed by atoms with Crippen molar-refractivity contribution in [2.75, 3.05) is 11.5 Å². The Morgan fingerprint density at radius 1 is 1.08 bits per heavy atom. The molecule has 1 N–H and O–H groups in total. The Morgan fingerprint density at radius 3 is 2.58 bits per heavy atom. The second-order valence-corrected chi connectivity index (χ2v) is 9.84. The minimum atomic E-state index is -0.941. The van der Waals surface area contributed by atoms with E-state index in [0.717, 1.165) is 4.70 Å². The van der Waals surface area contributed by atoms with E-state index in [0.29, 0.717) is 37.6 Å². The first-order valence-corrected chi connectivity index (χ1v) is 12.4. The summed E-state index contributed by atoms with van der Waals surface area (Å²) >= 11 is 13.4. The molecule has 1 aliphatic rings. The number of thiazole rings is 1. The molecule has 9 heteroatoms. The van der Waals surface area contributed by atoms with Crippen LogP contribution in [0.2, 0.25) is 10.0 Å². The first kappa shape index (κ1) is 24.1. The number of amides is 1. The van der Waals surface area contributed by atoms with Crippen LogP contribution in [0.5, 0.6) is 5.75 Å². The number of ketones is 1. The number of benzene rings is 3. The third kappa shape index (κ3) is 4.37. The Labute approximate surface area is 220 Å². The number of Topliss-reactive ketones (excluding diaryl/α,β-unsaturated/α-hetero) is 1. The number of aliphatic hydroxyl groups is 1. The fourth-order valence-electron chi connectivity index (χ4n) is 4.03. The van der Waals surface area contributed by atoms with E-state index in [1.54, 1.807) is 72.8 Å². The van der Waals surface area contributed by atoms with Gasteiger partial charge in [-0.1, -0.05) is 59.3 Å². The number of aromatic nitrogens is 1. The molecule has 1 saturated heterocycles. The van der Waals surface area contributed by atoms with Crippen molar-refractivity contribution in [2.45, 2.75) is 6.04 Å². The minimum absolute atomic E-state index is 0.0551. The van der Waals surface area contributed by atoms with Crippen molar-refractivity contribution in [1.29, 1.82) is 0 Å². The Kier molecular flexibility index (Phi) is 6.53. The lowest BCUT2D eigenvalue weighted by atomic mass is 9.95. The summed E-state index contributed by atoms with van der Waals surface area (Å²) < 4.78 is 6.44. The zero-order valence-corrected chi connectivity index (χ0v) is 21.0. The molecule has 1 amide bonds. The van der Waals surface area contributed by atoms with Crippen LogP contribution in [0.3, 0.4) is 0 Å². The van der Waals surface area contributed by atoms with Crippen LogP contribution < -0.4 is 9.64 Å². The van der Waals surface area contributed by atoms with E-state index in [2.05, 4.69) is 11.6 Å². The van der Waals surface area contributed by atoms with E-state index in [4.69, 9.17) is 27.9 Å².